The minimum Gasteiger partial charge on any atom is -0.379 e. The zero-order valence-corrected chi connectivity index (χ0v) is 8.04. The number of hydrogen-bond acceptors (Lipinski definition) is 5. The first-order valence-electron chi connectivity index (χ1n) is 4.35. The van der Waals surface area contributed by atoms with Crippen LogP contribution in [0.3, 0.4) is 0 Å². The molecule has 0 aromatic carbocycles. The molecule has 0 bridgehead atoms. The summed E-state index contributed by atoms with van der Waals surface area (Å²) in [7, 11) is 0. The number of carbonyl (C=O) groups is 1. The van der Waals surface area contributed by atoms with Gasteiger partial charge in [0.15, 0.2) is 5.78 Å². The van der Waals surface area contributed by atoms with Crippen molar-refractivity contribution >= 4 is 5.78 Å². The number of nitrogens with two attached hydrogens (primary N) is 1. The van der Waals surface area contributed by atoms with Gasteiger partial charge >= 0.3 is 0 Å². The molecule has 0 aromatic rings. The summed E-state index contributed by atoms with van der Waals surface area (Å²) in [6, 6.07) is 0. The Bertz CT molecular complexity index is 131. The number of hydrazine groups is 1. The quantitative estimate of drug-likeness (QED) is 0.290. The smallest absolute Gasteiger partial charge is 0.155 e. The molecule has 0 saturated carbocycles. The van der Waals surface area contributed by atoms with Crippen LogP contribution in [0.4, 0.5) is 0 Å². The highest BCUT2D eigenvalue weighted by atomic mass is 16.5. The Kier molecular flexibility index (Phi) is 9.24. The van der Waals surface area contributed by atoms with Crippen LogP contribution in [0.15, 0.2) is 0 Å². The van der Waals surface area contributed by atoms with E-state index in [9.17, 15) is 4.79 Å². The second kappa shape index (κ2) is 9.60. The number of nitrogens with one attached hydrogen (secondary N) is 1. The highest BCUT2D eigenvalue weighted by Crippen LogP contribution is 1.82. The van der Waals surface area contributed by atoms with Gasteiger partial charge in [0.05, 0.1) is 13.2 Å². The van der Waals surface area contributed by atoms with E-state index in [2.05, 4.69) is 5.43 Å². The van der Waals surface area contributed by atoms with Crippen LogP contribution < -0.4 is 11.3 Å². The molecule has 0 saturated heterocycles. The minimum atomic E-state index is 0.0346. The van der Waals surface area contributed by atoms with Crippen LogP contribution in [0.5, 0.6) is 0 Å². The van der Waals surface area contributed by atoms with Crippen molar-refractivity contribution in [2.45, 2.75) is 13.3 Å². The maximum Gasteiger partial charge on any atom is 0.155 e. The number of carbonyl (C=O) groups excluding carboxylic acids is 1. The molecule has 78 valence electrons. The van der Waals surface area contributed by atoms with Gasteiger partial charge in [0.1, 0.15) is 6.61 Å². The minimum absolute atomic E-state index is 0.0346. The first-order valence-corrected chi connectivity index (χ1v) is 4.35. The molecule has 0 fully saturated rings. The summed E-state index contributed by atoms with van der Waals surface area (Å²) >= 11 is 0. The Balaban J connectivity index is 2.87. The lowest BCUT2D eigenvalue weighted by molar-refractivity contribution is -0.121. The Morgan fingerprint density at radius 2 is 2.00 bits per heavy atom. The molecule has 0 heterocycles. The molecule has 0 spiro atoms. The van der Waals surface area contributed by atoms with Gasteiger partial charge in [-0.25, -0.2) is 0 Å². The number of ketones is 1. The first-order chi connectivity index (χ1) is 6.27. The zero-order valence-electron chi connectivity index (χ0n) is 8.04. The van der Waals surface area contributed by atoms with Gasteiger partial charge < -0.3 is 9.47 Å². The van der Waals surface area contributed by atoms with E-state index >= 15 is 0 Å². The Morgan fingerprint density at radius 1 is 1.31 bits per heavy atom. The fourth-order valence-electron chi connectivity index (χ4n) is 0.712. The number of Topliss-reactive ketones (excluding diaryl/α,β-unsaturated/α-hetero) is 1. The van der Waals surface area contributed by atoms with E-state index in [0.717, 1.165) is 13.0 Å². The van der Waals surface area contributed by atoms with Crippen LogP contribution >= 0.6 is 0 Å². The monoisotopic (exact) mass is 190 g/mol. The second-order valence-electron chi connectivity index (χ2n) is 2.67. The Hall–Kier alpha value is -0.490. The molecular weight excluding hydrogens is 172 g/mol. The molecule has 0 aliphatic heterocycles. The van der Waals surface area contributed by atoms with E-state index in [1.165, 1.54) is 6.92 Å². The Labute approximate surface area is 78.5 Å². The van der Waals surface area contributed by atoms with Crippen LogP contribution in [-0.4, -0.2) is 38.8 Å². The molecule has 0 aromatic heterocycles. The van der Waals surface area contributed by atoms with Gasteiger partial charge in [0.25, 0.3) is 0 Å². The number of ether oxygens (including phenoxy) is 2. The molecular formula is C8H18N2O3. The van der Waals surface area contributed by atoms with Crippen molar-refractivity contribution in [3.05, 3.63) is 0 Å². The van der Waals surface area contributed by atoms with E-state index in [0.29, 0.717) is 19.8 Å². The Morgan fingerprint density at radius 3 is 2.62 bits per heavy atom. The van der Waals surface area contributed by atoms with Crippen LogP contribution in [0.25, 0.3) is 0 Å². The third-order valence-corrected chi connectivity index (χ3v) is 1.29. The third kappa shape index (κ3) is 11.5. The maximum atomic E-state index is 10.4. The van der Waals surface area contributed by atoms with Crippen molar-refractivity contribution in [3.63, 3.8) is 0 Å². The van der Waals surface area contributed by atoms with Gasteiger partial charge in [0, 0.05) is 13.2 Å². The molecule has 5 heteroatoms. The highest BCUT2D eigenvalue weighted by molar-refractivity contribution is 5.76. The van der Waals surface area contributed by atoms with Gasteiger partial charge in [-0.3, -0.25) is 16.1 Å². The molecule has 0 amide bonds. The summed E-state index contributed by atoms with van der Waals surface area (Å²) in [6.45, 7) is 4.07. The fourth-order valence-corrected chi connectivity index (χ4v) is 0.712. The summed E-state index contributed by atoms with van der Waals surface area (Å²) in [6.07, 6.45) is 0.878. The summed E-state index contributed by atoms with van der Waals surface area (Å²) in [4.78, 5) is 10.4. The van der Waals surface area contributed by atoms with Crippen molar-refractivity contribution in [2.75, 3.05) is 33.0 Å². The third-order valence-electron chi connectivity index (χ3n) is 1.29. The lowest BCUT2D eigenvalue weighted by atomic mass is 10.5. The van der Waals surface area contributed by atoms with Crippen LogP contribution in [0, 0.1) is 0 Å². The van der Waals surface area contributed by atoms with E-state index in [-0.39, 0.29) is 12.4 Å². The summed E-state index contributed by atoms with van der Waals surface area (Å²) < 4.78 is 10.2. The predicted molar refractivity (Wildman–Crippen MR) is 49.1 cm³/mol. The normalized spacial score (nSPS) is 10.3. The lowest BCUT2D eigenvalue weighted by Gasteiger charge is -2.03. The molecule has 0 rings (SSSR count). The van der Waals surface area contributed by atoms with Crippen molar-refractivity contribution in [1.29, 1.82) is 0 Å². The van der Waals surface area contributed by atoms with E-state index < -0.39 is 0 Å². The van der Waals surface area contributed by atoms with Gasteiger partial charge in [-0.05, 0) is 13.3 Å². The second-order valence-corrected chi connectivity index (χ2v) is 2.67. The van der Waals surface area contributed by atoms with Crippen molar-refractivity contribution in [3.8, 4) is 0 Å². The van der Waals surface area contributed by atoms with Crippen LogP contribution in [-0.2, 0) is 14.3 Å². The molecule has 0 unspecified atom stereocenters. The molecule has 0 radical (unpaired) electrons. The van der Waals surface area contributed by atoms with Gasteiger partial charge in [-0.2, -0.15) is 0 Å². The van der Waals surface area contributed by atoms with Crippen molar-refractivity contribution in [2.24, 2.45) is 5.84 Å². The highest BCUT2D eigenvalue weighted by Gasteiger charge is 1.92. The van der Waals surface area contributed by atoms with E-state index in [4.69, 9.17) is 15.3 Å². The first kappa shape index (κ1) is 12.5. The average molecular weight is 190 g/mol. The summed E-state index contributed by atoms with van der Waals surface area (Å²) in [5.41, 5.74) is 2.53. The van der Waals surface area contributed by atoms with E-state index in [1.807, 2.05) is 0 Å². The summed E-state index contributed by atoms with van der Waals surface area (Å²) in [5.74, 6) is 5.09. The van der Waals surface area contributed by atoms with Crippen molar-refractivity contribution < 1.29 is 14.3 Å². The molecule has 13 heavy (non-hydrogen) atoms. The number of rotatable bonds is 9. The van der Waals surface area contributed by atoms with Crippen LogP contribution in [0.1, 0.15) is 13.3 Å². The molecule has 0 aliphatic carbocycles. The van der Waals surface area contributed by atoms with Crippen LogP contribution in [0.2, 0.25) is 0 Å². The molecule has 3 N–H and O–H groups in total. The molecule has 0 atom stereocenters. The zero-order chi connectivity index (χ0) is 9.94. The van der Waals surface area contributed by atoms with Gasteiger partial charge in [-0.15, -0.1) is 0 Å². The SMILES string of the molecule is CC(=O)COCCOCCCNN. The number of hydrogen-bond donors (Lipinski definition) is 2. The summed E-state index contributed by atoms with van der Waals surface area (Å²) in [5, 5.41) is 0. The van der Waals surface area contributed by atoms with Gasteiger partial charge in [-0.1, -0.05) is 0 Å². The maximum absolute atomic E-state index is 10.4. The standard InChI is InChI=1S/C8H18N2O3/c1-8(11)7-13-6-5-12-4-2-3-10-9/h10H,2-7,9H2,1H3. The van der Waals surface area contributed by atoms with Crippen molar-refractivity contribution in [1.82, 2.24) is 5.43 Å². The lowest BCUT2D eigenvalue weighted by Crippen LogP contribution is -2.24. The fraction of sp³-hybridized carbons (Fsp3) is 0.875. The average Bonchev–Trinajstić information content (AvgIpc) is 2.09. The topological polar surface area (TPSA) is 73.6 Å². The predicted octanol–water partition coefficient (Wildman–Crippen LogP) is -0.538. The largest absolute Gasteiger partial charge is 0.379 e. The molecule has 5 nitrogen and oxygen atoms in total. The van der Waals surface area contributed by atoms with Gasteiger partial charge in [0.2, 0.25) is 0 Å². The van der Waals surface area contributed by atoms with E-state index in [1.54, 1.807) is 0 Å². The molecule has 0 aliphatic rings.